The molecule has 0 aromatic rings. The fourth-order valence-electron chi connectivity index (χ4n) is 9.17. The van der Waals surface area contributed by atoms with Crippen molar-refractivity contribution in [2.75, 3.05) is 40.9 Å². The molecule has 10 heteroatoms. The molecule has 0 aromatic carbocycles. The third-order valence-corrected chi connectivity index (χ3v) is 15.0. The summed E-state index contributed by atoms with van der Waals surface area (Å²) < 4.78 is 30.6. The van der Waals surface area contributed by atoms with E-state index in [0.29, 0.717) is 23.9 Å². The molecular weight excluding hydrogens is 928 g/mol. The molecule has 0 saturated carbocycles. The van der Waals surface area contributed by atoms with Gasteiger partial charge >= 0.3 is 13.8 Å². The van der Waals surface area contributed by atoms with Gasteiger partial charge in [0.25, 0.3) is 0 Å². The summed E-state index contributed by atoms with van der Waals surface area (Å²) in [7, 11) is 1.50. The lowest BCUT2D eigenvalue weighted by Gasteiger charge is -2.27. The van der Waals surface area contributed by atoms with Crippen LogP contribution >= 0.6 is 7.82 Å². The number of nitrogens with zero attached hydrogens (tertiary/aromatic N) is 1. The Labute approximate surface area is 453 Å². The van der Waals surface area contributed by atoms with Gasteiger partial charge in [-0.1, -0.05) is 244 Å². The molecule has 0 aliphatic heterocycles. The molecule has 3 unspecified atom stereocenters. The molecule has 3 atom stereocenters. The summed E-state index contributed by atoms with van der Waals surface area (Å²) in [6.45, 7) is 7.01. The van der Waals surface area contributed by atoms with Crippen molar-refractivity contribution >= 4 is 19.7 Å². The lowest BCUT2D eigenvalue weighted by atomic mass is 10.0. The number of phosphoric acid groups is 1. The monoisotopic (exact) mass is 1050 g/mol. The van der Waals surface area contributed by atoms with Crippen LogP contribution in [-0.4, -0.2) is 74.3 Å². The second-order valence-electron chi connectivity index (χ2n) is 22.6. The van der Waals surface area contributed by atoms with Gasteiger partial charge in [0.1, 0.15) is 19.3 Å². The zero-order chi connectivity index (χ0) is 53.6. The summed E-state index contributed by atoms with van der Waals surface area (Å²) >= 11 is 0. The fourth-order valence-corrected chi connectivity index (χ4v) is 9.90. The third kappa shape index (κ3) is 54.8. The molecule has 0 fully saturated rings. The Bertz CT molecular complexity index is 1350. The summed E-state index contributed by atoms with van der Waals surface area (Å²) in [4.78, 5) is 37.6. The Hall–Kier alpha value is -1.77. The van der Waals surface area contributed by atoms with Gasteiger partial charge in [-0.15, -0.1) is 0 Å². The Morgan fingerprint density at radius 1 is 0.466 bits per heavy atom. The largest absolute Gasteiger partial charge is 0.472 e. The van der Waals surface area contributed by atoms with Gasteiger partial charge < -0.3 is 19.4 Å². The van der Waals surface area contributed by atoms with E-state index >= 15 is 0 Å². The average Bonchev–Trinajstić information content (AvgIpc) is 3.35. The molecular formula is C63H122N2O7P+. The topological polar surface area (TPSA) is 111 Å². The highest BCUT2D eigenvalue weighted by molar-refractivity contribution is 7.47. The van der Waals surface area contributed by atoms with Crippen molar-refractivity contribution in [2.24, 2.45) is 0 Å². The number of unbranched alkanes of at least 4 members (excludes halogenated alkanes) is 37. The van der Waals surface area contributed by atoms with Crippen LogP contribution in [0.5, 0.6) is 0 Å². The average molecular weight is 1050 g/mol. The lowest BCUT2D eigenvalue weighted by Crippen LogP contribution is -2.47. The van der Waals surface area contributed by atoms with Gasteiger partial charge in [-0.2, -0.15) is 0 Å². The lowest BCUT2D eigenvalue weighted by molar-refractivity contribution is -0.870. The van der Waals surface area contributed by atoms with Crippen LogP contribution in [0.3, 0.4) is 0 Å². The van der Waals surface area contributed by atoms with Crippen molar-refractivity contribution in [3.8, 4) is 0 Å². The maximum Gasteiger partial charge on any atom is 0.472 e. The Morgan fingerprint density at radius 2 is 0.795 bits per heavy atom. The molecule has 0 spiro atoms. The first-order valence-electron chi connectivity index (χ1n) is 31.3. The van der Waals surface area contributed by atoms with E-state index < -0.39 is 20.0 Å². The summed E-state index contributed by atoms with van der Waals surface area (Å²) in [5, 5.41) is 3.04. The highest BCUT2D eigenvalue weighted by Crippen LogP contribution is 2.43. The van der Waals surface area contributed by atoms with Crippen molar-refractivity contribution in [1.29, 1.82) is 0 Å². The van der Waals surface area contributed by atoms with Gasteiger partial charge in [-0.3, -0.25) is 18.6 Å². The van der Waals surface area contributed by atoms with Crippen LogP contribution in [0.4, 0.5) is 0 Å². The molecule has 0 heterocycles. The minimum atomic E-state index is -4.44. The van der Waals surface area contributed by atoms with E-state index in [1.165, 1.54) is 199 Å². The molecule has 9 nitrogen and oxygen atoms in total. The van der Waals surface area contributed by atoms with Crippen LogP contribution in [0, 0.1) is 0 Å². The SMILES string of the molecule is CCCCCCCC/C=C\CCCCCC(=O)NC(COP(=O)(O)OCC[N+](C)(C)C)C(/C=C\CCCCCCCCCCC)OC(=O)CCCCCCCCCCCCCCC/C=C/CCCCCCCC. The van der Waals surface area contributed by atoms with Crippen LogP contribution < -0.4 is 5.32 Å². The first-order valence-corrected chi connectivity index (χ1v) is 32.8. The highest BCUT2D eigenvalue weighted by Gasteiger charge is 2.30. The van der Waals surface area contributed by atoms with Gasteiger partial charge in [0.2, 0.25) is 5.91 Å². The fraction of sp³-hybridized carbons (Fsp3) is 0.873. The third-order valence-electron chi connectivity index (χ3n) is 14.1. The number of amides is 1. The Kier molecular flexibility index (Phi) is 52.3. The summed E-state index contributed by atoms with van der Waals surface area (Å²) in [6.07, 6.45) is 64.4. The quantitative estimate of drug-likeness (QED) is 0.0205. The Morgan fingerprint density at radius 3 is 1.18 bits per heavy atom. The van der Waals surface area contributed by atoms with E-state index in [4.69, 9.17) is 13.8 Å². The predicted octanol–water partition coefficient (Wildman–Crippen LogP) is 19.1. The van der Waals surface area contributed by atoms with Crippen LogP contribution in [0.15, 0.2) is 36.5 Å². The van der Waals surface area contributed by atoms with Crippen molar-refractivity contribution in [3.05, 3.63) is 36.5 Å². The molecule has 0 aromatic heterocycles. The van der Waals surface area contributed by atoms with E-state index in [1.54, 1.807) is 0 Å². The zero-order valence-corrected chi connectivity index (χ0v) is 50.0. The molecule has 0 radical (unpaired) electrons. The molecule has 1 amide bonds. The molecule has 0 aliphatic carbocycles. The number of carbonyl (C=O) groups is 2. The van der Waals surface area contributed by atoms with E-state index in [9.17, 15) is 19.0 Å². The van der Waals surface area contributed by atoms with E-state index in [1.807, 2.05) is 33.3 Å². The standard InChI is InChI=1S/C63H121N2O7P/c1-7-10-13-16-19-22-25-27-28-29-30-31-32-33-34-35-36-38-41-44-47-50-53-56-63(67)72-61(54-51-48-45-42-39-24-21-18-15-12-9-3)60(59-71-73(68,69)70-58-57-65(4,5)6)64-62(66)55-52-49-46-43-40-37-26-23-20-17-14-11-8-2/h27-28,37,40,51,54,60-61H,7-26,29-36,38-39,41-50,52-53,55-59H2,1-6H3,(H-,64,66,68,69)/p+1/b28-27+,40-37-,54-51-. The second kappa shape index (κ2) is 53.6. The summed E-state index contributed by atoms with van der Waals surface area (Å²) in [5.41, 5.74) is 0. The van der Waals surface area contributed by atoms with E-state index in [-0.39, 0.29) is 25.1 Å². The summed E-state index contributed by atoms with van der Waals surface area (Å²) in [6, 6.07) is -0.852. The van der Waals surface area contributed by atoms with E-state index in [0.717, 1.165) is 70.6 Å². The smallest absolute Gasteiger partial charge is 0.456 e. The molecule has 0 saturated heterocycles. The number of rotatable bonds is 57. The number of quaternary nitrogens is 1. The van der Waals surface area contributed by atoms with Crippen molar-refractivity contribution in [2.45, 2.75) is 315 Å². The predicted molar refractivity (Wildman–Crippen MR) is 314 cm³/mol. The maximum atomic E-state index is 13.5. The second-order valence-corrected chi connectivity index (χ2v) is 24.0. The maximum absolute atomic E-state index is 13.5. The van der Waals surface area contributed by atoms with Crippen LogP contribution in [-0.2, 0) is 27.9 Å². The van der Waals surface area contributed by atoms with Crippen LogP contribution in [0.1, 0.15) is 303 Å². The first kappa shape index (κ1) is 71.2. The minimum Gasteiger partial charge on any atom is -0.456 e. The molecule has 0 aliphatic rings. The number of nitrogens with one attached hydrogen (secondary N) is 1. The normalized spacial score (nSPS) is 13.9. The molecule has 430 valence electrons. The number of likely N-dealkylation sites (N-methyl/N-ethyl adjacent to an activating group) is 1. The highest BCUT2D eigenvalue weighted by atomic mass is 31.2. The molecule has 0 rings (SSSR count). The van der Waals surface area contributed by atoms with Gasteiger partial charge in [-0.25, -0.2) is 4.57 Å². The van der Waals surface area contributed by atoms with Gasteiger partial charge in [0.15, 0.2) is 0 Å². The van der Waals surface area contributed by atoms with Crippen LogP contribution in [0.25, 0.3) is 0 Å². The minimum absolute atomic E-state index is 0.0393. The number of allylic oxidation sites excluding steroid dienone is 5. The van der Waals surface area contributed by atoms with Gasteiger partial charge in [-0.05, 0) is 83.1 Å². The van der Waals surface area contributed by atoms with Crippen molar-refractivity contribution in [1.82, 2.24) is 5.32 Å². The summed E-state index contributed by atoms with van der Waals surface area (Å²) in [5.74, 6) is -0.514. The zero-order valence-electron chi connectivity index (χ0n) is 49.1. The molecule has 73 heavy (non-hydrogen) atoms. The van der Waals surface area contributed by atoms with Crippen molar-refractivity contribution < 1.29 is 37.3 Å². The Balaban J connectivity index is 5.11. The number of carbonyl (C=O) groups excluding carboxylic acids is 2. The number of ether oxygens (including phenoxy) is 1. The van der Waals surface area contributed by atoms with Crippen molar-refractivity contribution in [3.63, 3.8) is 0 Å². The van der Waals surface area contributed by atoms with Gasteiger partial charge in [0.05, 0.1) is 33.8 Å². The number of hydrogen-bond acceptors (Lipinski definition) is 6. The van der Waals surface area contributed by atoms with Gasteiger partial charge in [0, 0.05) is 12.8 Å². The number of phosphoric ester groups is 1. The number of esters is 1. The van der Waals surface area contributed by atoms with E-state index in [2.05, 4.69) is 50.4 Å². The first-order chi connectivity index (χ1) is 35.4. The number of hydrogen-bond donors (Lipinski definition) is 2. The molecule has 2 N–H and O–H groups in total. The van der Waals surface area contributed by atoms with Crippen LogP contribution in [0.2, 0.25) is 0 Å². The molecule has 0 bridgehead atoms.